The van der Waals surface area contributed by atoms with Crippen molar-refractivity contribution in [2.24, 2.45) is 5.73 Å². The summed E-state index contributed by atoms with van der Waals surface area (Å²) in [5.74, 6) is -0.283. The Labute approximate surface area is 90.0 Å². The molecule has 1 aliphatic heterocycles. The highest BCUT2D eigenvalue weighted by Gasteiger charge is 2.34. The molecule has 1 rings (SSSR count). The van der Waals surface area contributed by atoms with E-state index in [0.29, 0.717) is 19.4 Å². The molecule has 5 nitrogen and oxygen atoms in total. The number of carbonyl (C=O) groups is 2. The van der Waals surface area contributed by atoms with E-state index in [1.807, 2.05) is 6.92 Å². The van der Waals surface area contributed by atoms with Gasteiger partial charge >= 0.3 is 0 Å². The van der Waals surface area contributed by atoms with Gasteiger partial charge in [0.25, 0.3) is 0 Å². The summed E-state index contributed by atoms with van der Waals surface area (Å²) in [6, 6.07) is -0.392. The lowest BCUT2D eigenvalue weighted by molar-refractivity contribution is -0.133. The van der Waals surface area contributed by atoms with E-state index in [9.17, 15) is 9.59 Å². The number of rotatable bonds is 3. The molecule has 0 aromatic heterocycles. The Bertz CT molecular complexity index is 276. The van der Waals surface area contributed by atoms with Crippen molar-refractivity contribution in [1.82, 2.24) is 10.2 Å². The lowest BCUT2D eigenvalue weighted by Gasteiger charge is -2.23. The van der Waals surface area contributed by atoms with Crippen LogP contribution in [-0.4, -0.2) is 41.9 Å². The van der Waals surface area contributed by atoms with E-state index in [0.717, 1.165) is 0 Å². The van der Waals surface area contributed by atoms with E-state index in [2.05, 4.69) is 5.32 Å². The van der Waals surface area contributed by atoms with Gasteiger partial charge in [0.1, 0.15) is 6.04 Å². The molecular formula is C10H19N3O2. The zero-order valence-corrected chi connectivity index (χ0v) is 9.54. The molecule has 0 saturated carbocycles. The van der Waals surface area contributed by atoms with Crippen LogP contribution in [0.2, 0.25) is 0 Å². The van der Waals surface area contributed by atoms with Gasteiger partial charge in [-0.15, -0.1) is 0 Å². The molecule has 0 aromatic rings. The summed E-state index contributed by atoms with van der Waals surface area (Å²) >= 11 is 0. The van der Waals surface area contributed by atoms with Crippen molar-refractivity contribution < 1.29 is 9.59 Å². The van der Waals surface area contributed by atoms with Crippen molar-refractivity contribution in [1.29, 1.82) is 0 Å². The number of carbonyl (C=O) groups excluding carboxylic acids is 2. The average molecular weight is 213 g/mol. The molecule has 0 spiro atoms. The predicted octanol–water partition coefficient (Wildman–Crippen LogP) is -0.539. The predicted molar refractivity (Wildman–Crippen MR) is 57.1 cm³/mol. The minimum Gasteiger partial charge on any atom is -0.344 e. The van der Waals surface area contributed by atoms with Gasteiger partial charge in [0.15, 0.2) is 0 Å². The fourth-order valence-electron chi connectivity index (χ4n) is 1.44. The summed E-state index contributed by atoms with van der Waals surface area (Å²) < 4.78 is 0. The molecule has 1 fully saturated rings. The fraction of sp³-hybridized carbons (Fsp3) is 0.800. The number of nitrogens with zero attached hydrogens (tertiary/aromatic N) is 1. The number of nitrogens with two attached hydrogens (primary N) is 1. The topological polar surface area (TPSA) is 75.4 Å². The maximum Gasteiger partial charge on any atom is 0.244 e. The summed E-state index contributed by atoms with van der Waals surface area (Å²) in [7, 11) is 1.73. The molecule has 1 heterocycles. The first-order valence-corrected chi connectivity index (χ1v) is 5.23. The van der Waals surface area contributed by atoms with E-state index >= 15 is 0 Å². The number of nitrogens with one attached hydrogen (secondary N) is 1. The van der Waals surface area contributed by atoms with E-state index in [1.54, 1.807) is 18.9 Å². The average Bonchev–Trinajstić information content (AvgIpc) is 2.49. The van der Waals surface area contributed by atoms with Crippen LogP contribution in [0.4, 0.5) is 0 Å². The third-order valence-electron chi connectivity index (χ3n) is 2.99. The van der Waals surface area contributed by atoms with Gasteiger partial charge in [-0.05, 0) is 19.8 Å². The van der Waals surface area contributed by atoms with Crippen LogP contribution >= 0.6 is 0 Å². The van der Waals surface area contributed by atoms with Crippen molar-refractivity contribution >= 4 is 11.8 Å². The van der Waals surface area contributed by atoms with Gasteiger partial charge in [-0.25, -0.2) is 0 Å². The number of amides is 2. The molecule has 2 unspecified atom stereocenters. The molecule has 15 heavy (non-hydrogen) atoms. The van der Waals surface area contributed by atoms with Crippen LogP contribution in [0.15, 0.2) is 0 Å². The van der Waals surface area contributed by atoms with Gasteiger partial charge in [-0.2, -0.15) is 0 Å². The summed E-state index contributed by atoms with van der Waals surface area (Å²) in [5.41, 5.74) is 4.89. The maximum atomic E-state index is 11.7. The van der Waals surface area contributed by atoms with Crippen molar-refractivity contribution in [3.8, 4) is 0 Å². The summed E-state index contributed by atoms with van der Waals surface area (Å²) in [4.78, 5) is 24.8. The van der Waals surface area contributed by atoms with Gasteiger partial charge < -0.3 is 16.0 Å². The highest BCUT2D eigenvalue weighted by atomic mass is 16.2. The van der Waals surface area contributed by atoms with Gasteiger partial charge in [0.2, 0.25) is 11.8 Å². The van der Waals surface area contributed by atoms with Crippen LogP contribution in [0.25, 0.3) is 0 Å². The molecular weight excluding hydrogens is 194 g/mol. The number of hydrogen-bond donors (Lipinski definition) is 2. The first-order chi connectivity index (χ1) is 6.88. The van der Waals surface area contributed by atoms with E-state index in [1.165, 1.54) is 0 Å². The van der Waals surface area contributed by atoms with Crippen LogP contribution < -0.4 is 11.1 Å². The Morgan fingerprint density at radius 2 is 2.33 bits per heavy atom. The molecule has 2 amide bonds. The van der Waals surface area contributed by atoms with Crippen LogP contribution in [0.5, 0.6) is 0 Å². The van der Waals surface area contributed by atoms with Crippen LogP contribution in [-0.2, 0) is 9.59 Å². The third kappa shape index (κ3) is 2.47. The van der Waals surface area contributed by atoms with Crippen LogP contribution in [0, 0.1) is 0 Å². The lowest BCUT2D eigenvalue weighted by Crippen LogP contribution is -2.55. The lowest BCUT2D eigenvalue weighted by atomic mass is 9.99. The first kappa shape index (κ1) is 12.0. The van der Waals surface area contributed by atoms with Gasteiger partial charge in [-0.3, -0.25) is 9.59 Å². The minimum absolute atomic E-state index is 0.0322. The molecule has 1 aliphatic rings. The molecule has 5 heteroatoms. The van der Waals surface area contributed by atoms with Crippen molar-refractivity contribution in [2.75, 3.05) is 13.6 Å². The maximum absolute atomic E-state index is 11.7. The second kappa shape index (κ2) is 4.18. The molecule has 3 N–H and O–H groups in total. The number of hydrogen-bond acceptors (Lipinski definition) is 3. The van der Waals surface area contributed by atoms with Crippen LogP contribution in [0.1, 0.15) is 26.7 Å². The largest absolute Gasteiger partial charge is 0.344 e. The van der Waals surface area contributed by atoms with Gasteiger partial charge in [0.05, 0.1) is 5.54 Å². The molecule has 2 atom stereocenters. The molecule has 1 saturated heterocycles. The number of likely N-dealkylation sites (N-methyl/N-ethyl adjacent to an activating group) is 1. The molecule has 0 aromatic carbocycles. The summed E-state index contributed by atoms with van der Waals surface area (Å²) in [6.07, 6.45) is 1.22. The molecule has 0 aliphatic carbocycles. The zero-order chi connectivity index (χ0) is 11.6. The van der Waals surface area contributed by atoms with Gasteiger partial charge in [-0.1, -0.05) is 6.92 Å². The highest BCUT2D eigenvalue weighted by Crippen LogP contribution is 2.11. The zero-order valence-electron chi connectivity index (χ0n) is 9.54. The Morgan fingerprint density at radius 3 is 2.73 bits per heavy atom. The van der Waals surface area contributed by atoms with Crippen LogP contribution in [0.3, 0.4) is 0 Å². The molecule has 86 valence electrons. The van der Waals surface area contributed by atoms with Gasteiger partial charge in [0, 0.05) is 13.6 Å². The SMILES string of the molecule is CCC(C)(N)C(=O)NC1CCN(C)C1=O. The van der Waals surface area contributed by atoms with Crippen molar-refractivity contribution in [3.63, 3.8) is 0 Å². The number of likely N-dealkylation sites (tertiary alicyclic amines) is 1. The normalized spacial score (nSPS) is 25.2. The van der Waals surface area contributed by atoms with Crippen molar-refractivity contribution in [3.05, 3.63) is 0 Å². The quantitative estimate of drug-likeness (QED) is 0.661. The molecule has 0 radical (unpaired) electrons. The van der Waals surface area contributed by atoms with Crippen molar-refractivity contribution in [2.45, 2.75) is 38.3 Å². The van der Waals surface area contributed by atoms with E-state index < -0.39 is 11.6 Å². The molecule has 0 bridgehead atoms. The summed E-state index contributed by atoms with van der Waals surface area (Å²) in [6.45, 7) is 4.21. The summed E-state index contributed by atoms with van der Waals surface area (Å²) in [5, 5.41) is 2.70. The minimum atomic E-state index is -0.887. The monoisotopic (exact) mass is 213 g/mol. The smallest absolute Gasteiger partial charge is 0.244 e. The third-order valence-corrected chi connectivity index (χ3v) is 2.99. The Balaban J connectivity index is 2.56. The van der Waals surface area contributed by atoms with E-state index in [-0.39, 0.29) is 11.8 Å². The fourth-order valence-corrected chi connectivity index (χ4v) is 1.44. The Kier molecular flexibility index (Phi) is 3.34. The Hall–Kier alpha value is -1.10. The highest BCUT2D eigenvalue weighted by molar-refractivity contribution is 5.92. The second-order valence-corrected chi connectivity index (χ2v) is 4.35. The Morgan fingerprint density at radius 1 is 1.73 bits per heavy atom. The standard InChI is InChI=1S/C10H19N3O2/c1-4-10(2,11)9(15)12-7-5-6-13(3)8(7)14/h7H,4-6,11H2,1-3H3,(H,12,15). The second-order valence-electron chi connectivity index (χ2n) is 4.35. The first-order valence-electron chi connectivity index (χ1n) is 5.23. The van der Waals surface area contributed by atoms with E-state index in [4.69, 9.17) is 5.73 Å².